The summed E-state index contributed by atoms with van der Waals surface area (Å²) in [6, 6.07) is 14.7. The first-order valence-corrected chi connectivity index (χ1v) is 10.1. The van der Waals surface area contributed by atoms with Gasteiger partial charge in [-0.2, -0.15) is 0 Å². The molecule has 26 heavy (non-hydrogen) atoms. The van der Waals surface area contributed by atoms with Gasteiger partial charge in [-0.05, 0) is 57.2 Å². The van der Waals surface area contributed by atoms with E-state index in [1.165, 1.54) is 16.4 Å². The van der Waals surface area contributed by atoms with Crippen LogP contribution in [0.2, 0.25) is 0 Å². The molecule has 0 amide bonds. The number of imidazole rings is 1. The van der Waals surface area contributed by atoms with E-state index in [1.807, 2.05) is 31.2 Å². The van der Waals surface area contributed by atoms with Crippen molar-refractivity contribution in [3.05, 3.63) is 66.5 Å². The van der Waals surface area contributed by atoms with E-state index < -0.39 is 10.0 Å². The molecule has 0 saturated carbocycles. The Morgan fingerprint density at radius 3 is 2.15 bits per heavy atom. The quantitative estimate of drug-likeness (QED) is 0.660. The van der Waals surface area contributed by atoms with Crippen molar-refractivity contribution in [3.8, 4) is 11.4 Å². The minimum Gasteiger partial charge on any atom is -0.372 e. The highest BCUT2D eigenvalue weighted by atomic mass is 32.2. The number of hydrogen-bond acceptors (Lipinski definition) is 4. The Morgan fingerprint density at radius 2 is 1.58 bits per heavy atom. The molecule has 136 valence electrons. The van der Waals surface area contributed by atoms with Gasteiger partial charge >= 0.3 is 0 Å². The van der Waals surface area contributed by atoms with Gasteiger partial charge in [0, 0.05) is 36.7 Å². The molecule has 0 saturated heterocycles. The second-order valence-corrected chi connectivity index (χ2v) is 7.90. The zero-order valence-electron chi connectivity index (χ0n) is 15.3. The van der Waals surface area contributed by atoms with Gasteiger partial charge in [0.15, 0.2) is 5.82 Å². The van der Waals surface area contributed by atoms with Crippen molar-refractivity contribution >= 4 is 15.7 Å². The summed E-state index contributed by atoms with van der Waals surface area (Å²) in [4.78, 5) is 6.77. The molecule has 0 spiro atoms. The molecule has 0 unspecified atom stereocenters. The molecule has 2 aromatic carbocycles. The normalized spacial score (nSPS) is 11.5. The lowest BCUT2D eigenvalue weighted by atomic mass is 10.2. The van der Waals surface area contributed by atoms with E-state index in [1.54, 1.807) is 24.3 Å². The van der Waals surface area contributed by atoms with Crippen LogP contribution >= 0.6 is 0 Å². The fourth-order valence-corrected chi connectivity index (χ4v) is 4.22. The SMILES string of the molecule is CCN(CC)c1ccc(-c2nccn2S(=O)(=O)c2ccc(C)cc2)cc1. The van der Waals surface area contributed by atoms with Crippen molar-refractivity contribution in [2.45, 2.75) is 25.7 Å². The highest BCUT2D eigenvalue weighted by Crippen LogP contribution is 2.25. The van der Waals surface area contributed by atoms with Crippen molar-refractivity contribution in [2.24, 2.45) is 0 Å². The van der Waals surface area contributed by atoms with Crippen LogP contribution in [0.4, 0.5) is 5.69 Å². The Kier molecular flexibility index (Phi) is 5.13. The van der Waals surface area contributed by atoms with Gasteiger partial charge in [-0.25, -0.2) is 17.4 Å². The van der Waals surface area contributed by atoms with E-state index in [4.69, 9.17) is 0 Å². The van der Waals surface area contributed by atoms with Crippen LogP contribution in [0, 0.1) is 6.92 Å². The molecule has 0 N–H and O–H groups in total. The standard InChI is InChI=1S/C20H23N3O2S/c1-4-22(5-2)18-10-8-17(9-11-18)20-21-14-15-23(20)26(24,25)19-12-6-16(3)7-13-19/h6-15H,4-5H2,1-3H3. The molecule has 0 atom stereocenters. The van der Waals surface area contributed by atoms with Crippen molar-refractivity contribution in [2.75, 3.05) is 18.0 Å². The average Bonchev–Trinajstić information content (AvgIpc) is 3.14. The van der Waals surface area contributed by atoms with Crippen LogP contribution in [0.25, 0.3) is 11.4 Å². The number of rotatable bonds is 6. The summed E-state index contributed by atoms with van der Waals surface area (Å²) in [7, 11) is -3.68. The molecule has 0 aliphatic rings. The number of benzene rings is 2. The lowest BCUT2D eigenvalue weighted by Crippen LogP contribution is -2.21. The Labute approximate surface area is 155 Å². The van der Waals surface area contributed by atoms with Gasteiger partial charge in [-0.15, -0.1) is 0 Å². The topological polar surface area (TPSA) is 55.2 Å². The van der Waals surface area contributed by atoms with Crippen LogP contribution in [0.5, 0.6) is 0 Å². The lowest BCUT2D eigenvalue weighted by molar-refractivity contribution is 0.588. The molecular formula is C20H23N3O2S. The van der Waals surface area contributed by atoms with E-state index in [2.05, 4.69) is 23.7 Å². The molecular weight excluding hydrogens is 346 g/mol. The van der Waals surface area contributed by atoms with Gasteiger partial charge < -0.3 is 4.90 Å². The smallest absolute Gasteiger partial charge is 0.269 e. The maximum absolute atomic E-state index is 13.0. The first kappa shape index (κ1) is 18.2. The summed E-state index contributed by atoms with van der Waals surface area (Å²) in [6.45, 7) is 7.99. The predicted octanol–water partition coefficient (Wildman–Crippen LogP) is 3.94. The van der Waals surface area contributed by atoms with E-state index in [9.17, 15) is 8.42 Å². The van der Waals surface area contributed by atoms with Gasteiger partial charge in [0.25, 0.3) is 10.0 Å². The Balaban J connectivity index is 2.00. The molecule has 0 aliphatic heterocycles. The number of nitrogens with zero attached hydrogens (tertiary/aromatic N) is 3. The van der Waals surface area contributed by atoms with Crippen LogP contribution in [0.15, 0.2) is 65.8 Å². The Morgan fingerprint density at radius 1 is 0.962 bits per heavy atom. The lowest BCUT2D eigenvalue weighted by Gasteiger charge is -2.21. The van der Waals surface area contributed by atoms with Gasteiger partial charge in [0.2, 0.25) is 0 Å². The Hall–Kier alpha value is -2.60. The summed E-state index contributed by atoms with van der Waals surface area (Å²) in [5.74, 6) is 0.414. The van der Waals surface area contributed by atoms with Gasteiger partial charge in [0.1, 0.15) is 0 Å². The van der Waals surface area contributed by atoms with Crippen molar-refractivity contribution in [1.29, 1.82) is 0 Å². The zero-order valence-corrected chi connectivity index (χ0v) is 16.1. The summed E-state index contributed by atoms with van der Waals surface area (Å²) in [5, 5.41) is 0. The van der Waals surface area contributed by atoms with Crippen LogP contribution < -0.4 is 4.90 Å². The minimum atomic E-state index is -3.68. The number of anilines is 1. The zero-order chi connectivity index (χ0) is 18.7. The van der Waals surface area contributed by atoms with Crippen molar-refractivity contribution < 1.29 is 8.42 Å². The number of aryl methyl sites for hydroxylation is 1. The second kappa shape index (κ2) is 7.33. The third-order valence-electron chi connectivity index (χ3n) is 4.44. The number of hydrogen-bond donors (Lipinski definition) is 0. The molecule has 0 bridgehead atoms. The van der Waals surface area contributed by atoms with Crippen LogP contribution in [0.3, 0.4) is 0 Å². The molecule has 3 rings (SSSR count). The predicted molar refractivity (Wildman–Crippen MR) is 105 cm³/mol. The second-order valence-electron chi connectivity index (χ2n) is 6.08. The third-order valence-corrected chi connectivity index (χ3v) is 6.12. The van der Waals surface area contributed by atoms with Crippen LogP contribution in [-0.2, 0) is 10.0 Å². The highest BCUT2D eigenvalue weighted by Gasteiger charge is 2.21. The highest BCUT2D eigenvalue weighted by molar-refractivity contribution is 7.90. The molecule has 0 fully saturated rings. The molecule has 6 heteroatoms. The molecule has 0 aliphatic carbocycles. The summed E-state index contributed by atoms with van der Waals surface area (Å²) in [6.07, 6.45) is 3.00. The first-order valence-electron chi connectivity index (χ1n) is 8.68. The average molecular weight is 369 g/mol. The largest absolute Gasteiger partial charge is 0.372 e. The Bertz CT molecular complexity index is 971. The van der Waals surface area contributed by atoms with E-state index in [0.717, 1.165) is 29.9 Å². The van der Waals surface area contributed by atoms with Crippen LogP contribution in [-0.4, -0.2) is 30.5 Å². The summed E-state index contributed by atoms with van der Waals surface area (Å²) < 4.78 is 27.2. The third kappa shape index (κ3) is 3.37. The molecule has 0 radical (unpaired) electrons. The van der Waals surface area contributed by atoms with Crippen molar-refractivity contribution in [3.63, 3.8) is 0 Å². The van der Waals surface area contributed by atoms with E-state index >= 15 is 0 Å². The maximum Gasteiger partial charge on any atom is 0.269 e. The minimum absolute atomic E-state index is 0.252. The maximum atomic E-state index is 13.0. The van der Waals surface area contributed by atoms with Crippen LogP contribution in [0.1, 0.15) is 19.4 Å². The molecule has 3 aromatic rings. The van der Waals surface area contributed by atoms with Gasteiger partial charge in [0.05, 0.1) is 4.90 Å². The summed E-state index contributed by atoms with van der Waals surface area (Å²) >= 11 is 0. The van der Waals surface area contributed by atoms with Crippen molar-refractivity contribution in [1.82, 2.24) is 8.96 Å². The number of aromatic nitrogens is 2. The fourth-order valence-electron chi connectivity index (χ4n) is 2.92. The summed E-state index contributed by atoms with van der Waals surface area (Å²) in [5.41, 5.74) is 2.89. The van der Waals surface area contributed by atoms with E-state index in [0.29, 0.717) is 5.82 Å². The van der Waals surface area contributed by atoms with E-state index in [-0.39, 0.29) is 4.90 Å². The van der Waals surface area contributed by atoms with Gasteiger partial charge in [-0.1, -0.05) is 17.7 Å². The molecule has 5 nitrogen and oxygen atoms in total. The van der Waals surface area contributed by atoms with Gasteiger partial charge in [-0.3, -0.25) is 0 Å². The molecule has 1 aromatic heterocycles. The first-order chi connectivity index (χ1) is 12.5. The molecule has 1 heterocycles. The fraction of sp³-hybridized carbons (Fsp3) is 0.250. The monoisotopic (exact) mass is 369 g/mol.